The van der Waals surface area contributed by atoms with Crippen molar-refractivity contribution >= 4 is 0 Å². The fourth-order valence-corrected chi connectivity index (χ4v) is 5.77. The van der Waals surface area contributed by atoms with Gasteiger partial charge >= 0.3 is 0 Å². The van der Waals surface area contributed by atoms with Crippen molar-refractivity contribution in [3.05, 3.63) is 0 Å². The van der Waals surface area contributed by atoms with Gasteiger partial charge in [-0.25, -0.2) is 0 Å². The zero-order valence-electron chi connectivity index (χ0n) is 21.4. The van der Waals surface area contributed by atoms with Gasteiger partial charge in [-0.05, 0) is 86.6 Å². The highest BCUT2D eigenvalue weighted by molar-refractivity contribution is 4.84. The van der Waals surface area contributed by atoms with Crippen molar-refractivity contribution in [2.24, 2.45) is 0 Å². The number of nitrogens with zero attached hydrogens (tertiary/aromatic N) is 5. The van der Waals surface area contributed by atoms with Crippen molar-refractivity contribution in [2.45, 2.75) is 77.5 Å². The van der Waals surface area contributed by atoms with Crippen LogP contribution in [0.25, 0.3) is 0 Å². The Bertz CT molecular complexity index is 468. The van der Waals surface area contributed by atoms with Gasteiger partial charge in [-0.1, -0.05) is 0 Å². The smallest absolute Gasteiger partial charge is 0.0121 e. The molecule has 1 N–H and O–H groups in total. The Morgan fingerprint density at radius 2 is 0.935 bits per heavy atom. The second-order valence-corrected chi connectivity index (χ2v) is 10.8. The van der Waals surface area contributed by atoms with E-state index in [0.29, 0.717) is 0 Å². The van der Waals surface area contributed by atoms with Crippen LogP contribution in [0.4, 0.5) is 0 Å². The monoisotopic (exact) mass is 436 g/mol. The fourth-order valence-electron chi connectivity index (χ4n) is 5.77. The average molecular weight is 437 g/mol. The van der Waals surface area contributed by atoms with Crippen LogP contribution in [0.1, 0.15) is 53.4 Å². The first kappa shape index (κ1) is 25.4. The molecule has 0 aromatic carbocycles. The van der Waals surface area contributed by atoms with Crippen LogP contribution in [0, 0.1) is 0 Å². The van der Waals surface area contributed by atoms with Crippen LogP contribution in [-0.4, -0.2) is 134 Å². The summed E-state index contributed by atoms with van der Waals surface area (Å²) in [6, 6.07) is 3.19. The van der Waals surface area contributed by atoms with Gasteiger partial charge in [-0.15, -0.1) is 0 Å². The Hall–Kier alpha value is -0.240. The van der Waals surface area contributed by atoms with Crippen LogP contribution in [0.2, 0.25) is 0 Å². The lowest BCUT2D eigenvalue weighted by Gasteiger charge is -2.43. The van der Waals surface area contributed by atoms with E-state index in [2.05, 4.69) is 64.6 Å². The van der Waals surface area contributed by atoms with Crippen LogP contribution in [-0.2, 0) is 0 Å². The molecule has 0 bridgehead atoms. The summed E-state index contributed by atoms with van der Waals surface area (Å²) in [5.74, 6) is 0. The molecule has 0 amide bonds. The van der Waals surface area contributed by atoms with Crippen LogP contribution in [0.15, 0.2) is 0 Å². The first-order chi connectivity index (χ1) is 14.9. The van der Waals surface area contributed by atoms with Crippen molar-refractivity contribution < 1.29 is 0 Å². The summed E-state index contributed by atoms with van der Waals surface area (Å²) in [4.78, 5) is 13.1. The minimum absolute atomic E-state index is 0.730. The largest absolute Gasteiger partial charge is 0.314 e. The summed E-state index contributed by atoms with van der Waals surface area (Å²) in [6.45, 7) is 24.4. The summed E-state index contributed by atoms with van der Waals surface area (Å²) < 4.78 is 0. The molecular formula is C25H52N6. The van der Waals surface area contributed by atoms with E-state index in [-0.39, 0.29) is 0 Å². The number of likely N-dealkylation sites (N-methyl/N-ethyl adjacent to an activating group) is 1. The molecular weight excluding hydrogens is 384 g/mol. The molecule has 0 aromatic rings. The highest BCUT2D eigenvalue weighted by atomic mass is 15.3. The molecule has 4 saturated heterocycles. The fraction of sp³-hybridized carbons (Fsp3) is 1.00. The van der Waals surface area contributed by atoms with E-state index in [4.69, 9.17) is 0 Å². The number of hydrogen-bond donors (Lipinski definition) is 1. The average Bonchev–Trinajstić information content (AvgIpc) is 2.81. The predicted octanol–water partition coefficient (Wildman–Crippen LogP) is 1.87. The highest BCUT2D eigenvalue weighted by Crippen LogP contribution is 2.20. The quantitative estimate of drug-likeness (QED) is 0.723. The summed E-state index contributed by atoms with van der Waals surface area (Å²) in [7, 11) is 2.23. The normalized spacial score (nSPS) is 27.6. The van der Waals surface area contributed by atoms with Crippen LogP contribution < -0.4 is 5.32 Å². The maximum absolute atomic E-state index is 3.43. The van der Waals surface area contributed by atoms with Gasteiger partial charge in [0.2, 0.25) is 0 Å². The van der Waals surface area contributed by atoms with E-state index in [0.717, 1.165) is 24.2 Å². The van der Waals surface area contributed by atoms with Crippen molar-refractivity contribution in [1.82, 2.24) is 29.8 Å². The van der Waals surface area contributed by atoms with Gasteiger partial charge in [-0.2, -0.15) is 0 Å². The first-order valence-corrected chi connectivity index (χ1v) is 13.3. The third-order valence-electron chi connectivity index (χ3n) is 8.18. The lowest BCUT2D eigenvalue weighted by Crippen LogP contribution is -2.53. The number of rotatable bonds is 4. The molecule has 0 aromatic heterocycles. The lowest BCUT2D eigenvalue weighted by atomic mass is 10.0. The van der Waals surface area contributed by atoms with Gasteiger partial charge in [0.1, 0.15) is 0 Å². The third kappa shape index (κ3) is 7.94. The Morgan fingerprint density at radius 3 is 1.32 bits per heavy atom. The molecule has 4 aliphatic heterocycles. The summed E-state index contributed by atoms with van der Waals surface area (Å²) in [5, 5.41) is 3.43. The zero-order valence-corrected chi connectivity index (χ0v) is 21.4. The number of nitrogens with one attached hydrogen (secondary N) is 1. The van der Waals surface area contributed by atoms with E-state index in [1.54, 1.807) is 0 Å². The maximum atomic E-state index is 3.43. The number of likely N-dealkylation sites (tertiary alicyclic amines) is 2. The van der Waals surface area contributed by atoms with Gasteiger partial charge in [0.15, 0.2) is 0 Å². The van der Waals surface area contributed by atoms with Gasteiger partial charge in [-0.3, -0.25) is 9.80 Å². The van der Waals surface area contributed by atoms with Crippen molar-refractivity contribution in [2.75, 3.05) is 85.6 Å². The van der Waals surface area contributed by atoms with E-state index in [9.17, 15) is 0 Å². The lowest BCUT2D eigenvalue weighted by molar-refractivity contribution is 0.0592. The summed E-state index contributed by atoms with van der Waals surface area (Å²) in [6.07, 6.45) is 5.50. The van der Waals surface area contributed by atoms with E-state index in [1.807, 2.05) is 0 Å². The molecule has 0 unspecified atom stereocenters. The minimum atomic E-state index is 0.730. The topological polar surface area (TPSA) is 28.2 Å². The first-order valence-electron chi connectivity index (χ1n) is 13.3. The Kier molecular flexibility index (Phi) is 10.5. The van der Waals surface area contributed by atoms with Crippen LogP contribution >= 0.6 is 0 Å². The molecule has 0 atom stereocenters. The molecule has 4 rings (SSSR count). The number of hydrogen-bond acceptors (Lipinski definition) is 6. The minimum Gasteiger partial charge on any atom is -0.314 e. The molecule has 182 valence electrons. The molecule has 4 aliphatic rings. The second-order valence-electron chi connectivity index (χ2n) is 10.8. The van der Waals surface area contributed by atoms with Crippen LogP contribution in [0.3, 0.4) is 0 Å². The number of piperazine rings is 2. The van der Waals surface area contributed by atoms with Crippen molar-refractivity contribution in [3.8, 4) is 0 Å². The standard InChI is InChI=1S/C13H27N3.C12H25N3/c1-12(2)15-6-4-13(5-7-15)16-10-8-14(3)9-11-16;1-11(2)14-7-3-12(4-8-14)15-9-5-13-6-10-15/h12-13H,4-11H2,1-3H3;11-13H,3-10H2,1-2H3. The van der Waals surface area contributed by atoms with E-state index < -0.39 is 0 Å². The Labute approximate surface area is 193 Å². The molecule has 4 fully saturated rings. The van der Waals surface area contributed by atoms with Crippen molar-refractivity contribution in [3.63, 3.8) is 0 Å². The maximum Gasteiger partial charge on any atom is 0.0121 e. The SMILES string of the molecule is CC(C)N1CCC(N2CCN(C)CC2)CC1.CC(C)N1CCC(N2CCNCC2)CC1. The zero-order chi connectivity index (χ0) is 22.2. The Morgan fingerprint density at radius 1 is 0.548 bits per heavy atom. The van der Waals surface area contributed by atoms with Crippen LogP contribution in [0.5, 0.6) is 0 Å². The molecule has 6 nitrogen and oxygen atoms in total. The van der Waals surface area contributed by atoms with Gasteiger partial charge in [0, 0.05) is 76.5 Å². The van der Waals surface area contributed by atoms with E-state index in [1.165, 1.54) is 104 Å². The predicted molar refractivity (Wildman–Crippen MR) is 133 cm³/mol. The molecule has 31 heavy (non-hydrogen) atoms. The summed E-state index contributed by atoms with van der Waals surface area (Å²) >= 11 is 0. The third-order valence-corrected chi connectivity index (χ3v) is 8.18. The van der Waals surface area contributed by atoms with Gasteiger partial charge < -0.3 is 20.0 Å². The Balaban J connectivity index is 0.000000176. The molecule has 0 saturated carbocycles. The van der Waals surface area contributed by atoms with E-state index >= 15 is 0 Å². The molecule has 4 heterocycles. The second kappa shape index (κ2) is 12.9. The highest BCUT2D eigenvalue weighted by Gasteiger charge is 2.27. The molecule has 6 heteroatoms. The summed E-state index contributed by atoms with van der Waals surface area (Å²) in [5.41, 5.74) is 0. The number of piperidine rings is 2. The van der Waals surface area contributed by atoms with Crippen molar-refractivity contribution in [1.29, 1.82) is 0 Å². The molecule has 0 aliphatic carbocycles. The molecule has 0 radical (unpaired) electrons. The molecule has 0 spiro atoms. The van der Waals surface area contributed by atoms with Gasteiger partial charge in [0.05, 0.1) is 0 Å². The van der Waals surface area contributed by atoms with Gasteiger partial charge in [0.25, 0.3) is 0 Å².